The number of amides is 1. The first-order valence-corrected chi connectivity index (χ1v) is 4.95. The van der Waals surface area contributed by atoms with Gasteiger partial charge in [-0.25, -0.2) is 4.39 Å². The van der Waals surface area contributed by atoms with E-state index in [0.717, 1.165) is 12.1 Å². The van der Waals surface area contributed by atoms with Crippen LogP contribution < -0.4 is 11.1 Å². The zero-order valence-electron chi connectivity index (χ0n) is 8.57. The van der Waals surface area contributed by atoms with E-state index in [4.69, 9.17) is 17.3 Å². The van der Waals surface area contributed by atoms with Gasteiger partial charge in [-0.2, -0.15) is 0 Å². The molecule has 0 aliphatic rings. The van der Waals surface area contributed by atoms with E-state index in [9.17, 15) is 19.3 Å². The Hall–Kier alpha value is -1.89. The SMILES string of the molecule is NC(=O)CCNc1cc(F)c(Cl)cc1[N+](=O)[O-]. The molecule has 0 saturated heterocycles. The maximum atomic E-state index is 13.1. The highest BCUT2D eigenvalue weighted by Crippen LogP contribution is 2.30. The summed E-state index contributed by atoms with van der Waals surface area (Å²) in [6.45, 7) is 0.0806. The zero-order chi connectivity index (χ0) is 13.0. The maximum absolute atomic E-state index is 13.1. The Morgan fingerprint density at radius 2 is 2.24 bits per heavy atom. The lowest BCUT2D eigenvalue weighted by atomic mass is 10.2. The number of carbonyl (C=O) groups excluding carboxylic acids is 1. The molecule has 0 radical (unpaired) electrons. The first-order chi connectivity index (χ1) is 7.91. The Morgan fingerprint density at radius 3 is 2.76 bits per heavy atom. The Bertz CT molecular complexity index is 467. The van der Waals surface area contributed by atoms with Crippen LogP contribution in [0.1, 0.15) is 6.42 Å². The molecule has 3 N–H and O–H groups in total. The van der Waals surface area contributed by atoms with Gasteiger partial charge in [-0.1, -0.05) is 11.6 Å². The summed E-state index contributed by atoms with van der Waals surface area (Å²) >= 11 is 5.43. The Labute approximate surface area is 101 Å². The normalized spacial score (nSPS) is 10.0. The second-order valence-electron chi connectivity index (χ2n) is 3.18. The number of nitrogens with zero attached hydrogens (tertiary/aromatic N) is 1. The minimum Gasteiger partial charge on any atom is -0.379 e. The molecule has 1 amide bonds. The fraction of sp³-hybridized carbons (Fsp3) is 0.222. The summed E-state index contributed by atoms with van der Waals surface area (Å²) in [7, 11) is 0. The van der Waals surface area contributed by atoms with Crippen LogP contribution in [0.15, 0.2) is 12.1 Å². The summed E-state index contributed by atoms with van der Waals surface area (Å²) in [6, 6.07) is 1.81. The number of hydrogen-bond acceptors (Lipinski definition) is 4. The topological polar surface area (TPSA) is 98.3 Å². The molecule has 0 saturated carbocycles. The van der Waals surface area contributed by atoms with E-state index in [1.807, 2.05) is 0 Å². The summed E-state index contributed by atoms with van der Waals surface area (Å²) in [5.41, 5.74) is 4.50. The average Bonchev–Trinajstić information content (AvgIpc) is 2.22. The fourth-order valence-corrected chi connectivity index (χ4v) is 1.31. The first kappa shape index (κ1) is 13.2. The van der Waals surface area contributed by atoms with Gasteiger partial charge in [0.2, 0.25) is 5.91 Å². The average molecular weight is 262 g/mol. The molecule has 6 nitrogen and oxygen atoms in total. The molecule has 1 aromatic rings. The summed E-state index contributed by atoms with van der Waals surface area (Å²) < 4.78 is 13.1. The fourth-order valence-electron chi connectivity index (χ4n) is 1.15. The number of nitrogens with one attached hydrogen (secondary N) is 1. The van der Waals surface area contributed by atoms with Crippen LogP contribution in [0.25, 0.3) is 0 Å². The predicted octanol–water partition coefficient (Wildman–Crippen LogP) is 1.67. The van der Waals surface area contributed by atoms with E-state index in [2.05, 4.69) is 5.32 Å². The third kappa shape index (κ3) is 3.56. The second-order valence-corrected chi connectivity index (χ2v) is 3.59. The molecule has 0 aliphatic carbocycles. The maximum Gasteiger partial charge on any atom is 0.294 e. The van der Waals surface area contributed by atoms with Gasteiger partial charge in [0.05, 0.1) is 9.95 Å². The third-order valence-corrected chi connectivity index (χ3v) is 2.21. The molecule has 17 heavy (non-hydrogen) atoms. The highest BCUT2D eigenvalue weighted by molar-refractivity contribution is 6.31. The lowest BCUT2D eigenvalue weighted by Gasteiger charge is -2.06. The molecule has 0 bridgehead atoms. The number of nitro benzene ring substituents is 1. The molecule has 92 valence electrons. The molecule has 0 heterocycles. The minimum atomic E-state index is -0.779. The molecule has 0 aromatic heterocycles. The zero-order valence-corrected chi connectivity index (χ0v) is 9.33. The number of rotatable bonds is 5. The van der Waals surface area contributed by atoms with Gasteiger partial charge in [-0.05, 0) is 0 Å². The molecule has 0 aliphatic heterocycles. The number of nitro groups is 1. The van der Waals surface area contributed by atoms with E-state index >= 15 is 0 Å². The largest absolute Gasteiger partial charge is 0.379 e. The Balaban J connectivity index is 2.92. The molecule has 0 unspecified atom stereocenters. The van der Waals surface area contributed by atoms with Crippen molar-refractivity contribution < 1.29 is 14.1 Å². The predicted molar refractivity (Wildman–Crippen MR) is 60.4 cm³/mol. The second kappa shape index (κ2) is 5.44. The van der Waals surface area contributed by atoms with Crippen molar-refractivity contribution in [2.45, 2.75) is 6.42 Å². The van der Waals surface area contributed by atoms with Gasteiger partial charge >= 0.3 is 0 Å². The van der Waals surface area contributed by atoms with Gasteiger partial charge < -0.3 is 11.1 Å². The summed E-state index contributed by atoms with van der Waals surface area (Å²) in [6.07, 6.45) is -0.0125. The molecule has 0 fully saturated rings. The van der Waals surface area contributed by atoms with Crippen molar-refractivity contribution in [3.8, 4) is 0 Å². The lowest BCUT2D eigenvalue weighted by molar-refractivity contribution is -0.384. The Morgan fingerprint density at radius 1 is 1.59 bits per heavy atom. The Kier molecular flexibility index (Phi) is 4.22. The van der Waals surface area contributed by atoms with Crippen LogP contribution in [0.2, 0.25) is 5.02 Å². The van der Waals surface area contributed by atoms with Crippen LogP contribution in [0.5, 0.6) is 0 Å². The third-order valence-electron chi connectivity index (χ3n) is 1.92. The number of nitrogens with two attached hydrogens (primary N) is 1. The number of anilines is 1. The van der Waals surface area contributed by atoms with E-state index in [-0.39, 0.29) is 29.4 Å². The molecular weight excluding hydrogens is 253 g/mol. The molecule has 0 atom stereocenters. The van der Waals surface area contributed by atoms with Crippen LogP contribution in [0.4, 0.5) is 15.8 Å². The monoisotopic (exact) mass is 261 g/mol. The van der Waals surface area contributed by atoms with E-state index in [0.29, 0.717) is 0 Å². The number of carbonyl (C=O) groups is 1. The number of benzene rings is 1. The van der Waals surface area contributed by atoms with Crippen LogP contribution in [-0.2, 0) is 4.79 Å². The van der Waals surface area contributed by atoms with Gasteiger partial charge in [0, 0.05) is 25.1 Å². The minimum absolute atomic E-state index is 0.0125. The number of primary amides is 1. The van der Waals surface area contributed by atoms with Crippen molar-refractivity contribution in [1.82, 2.24) is 0 Å². The van der Waals surface area contributed by atoms with Gasteiger partial charge in [0.25, 0.3) is 5.69 Å². The highest BCUT2D eigenvalue weighted by Gasteiger charge is 2.17. The summed E-state index contributed by atoms with van der Waals surface area (Å²) in [5, 5.41) is 12.9. The first-order valence-electron chi connectivity index (χ1n) is 4.57. The summed E-state index contributed by atoms with van der Waals surface area (Å²) in [4.78, 5) is 20.5. The van der Waals surface area contributed by atoms with Gasteiger partial charge in [0.1, 0.15) is 11.5 Å². The highest BCUT2D eigenvalue weighted by atomic mass is 35.5. The smallest absolute Gasteiger partial charge is 0.294 e. The number of halogens is 2. The molecule has 1 aromatic carbocycles. The van der Waals surface area contributed by atoms with E-state index in [1.165, 1.54) is 0 Å². The van der Waals surface area contributed by atoms with Crippen molar-refractivity contribution in [3.05, 3.63) is 33.1 Å². The number of hydrogen-bond donors (Lipinski definition) is 2. The quantitative estimate of drug-likeness (QED) is 0.622. The van der Waals surface area contributed by atoms with Crippen LogP contribution in [0, 0.1) is 15.9 Å². The van der Waals surface area contributed by atoms with Gasteiger partial charge in [0.15, 0.2) is 0 Å². The van der Waals surface area contributed by atoms with Crippen molar-refractivity contribution in [3.63, 3.8) is 0 Å². The van der Waals surface area contributed by atoms with Crippen molar-refractivity contribution in [2.24, 2.45) is 5.73 Å². The van der Waals surface area contributed by atoms with E-state index in [1.54, 1.807) is 0 Å². The lowest BCUT2D eigenvalue weighted by Crippen LogP contribution is -2.16. The van der Waals surface area contributed by atoms with Gasteiger partial charge in [-0.15, -0.1) is 0 Å². The molecule has 1 rings (SSSR count). The van der Waals surface area contributed by atoms with Crippen LogP contribution in [-0.4, -0.2) is 17.4 Å². The summed E-state index contributed by atoms with van der Waals surface area (Å²) in [5.74, 6) is -1.34. The molecule has 8 heteroatoms. The molecular formula is C9H9ClFN3O3. The van der Waals surface area contributed by atoms with Crippen molar-refractivity contribution in [1.29, 1.82) is 0 Å². The van der Waals surface area contributed by atoms with Crippen molar-refractivity contribution in [2.75, 3.05) is 11.9 Å². The van der Waals surface area contributed by atoms with Crippen LogP contribution in [0.3, 0.4) is 0 Å². The van der Waals surface area contributed by atoms with E-state index < -0.39 is 16.6 Å². The standard InChI is InChI=1S/C9H9ClFN3O3/c10-5-3-8(14(16)17)7(4-6(5)11)13-2-1-9(12)15/h3-4,13H,1-2H2,(H2,12,15). The molecule has 0 spiro atoms. The van der Waals surface area contributed by atoms with Crippen molar-refractivity contribution >= 4 is 28.9 Å². The van der Waals surface area contributed by atoms with Gasteiger partial charge in [-0.3, -0.25) is 14.9 Å². The van der Waals surface area contributed by atoms with Crippen LogP contribution >= 0.6 is 11.6 Å².